The van der Waals surface area contributed by atoms with Gasteiger partial charge in [-0.3, -0.25) is 9.47 Å². The van der Waals surface area contributed by atoms with Crippen molar-refractivity contribution in [2.45, 2.75) is 19.0 Å². The van der Waals surface area contributed by atoms with Crippen LogP contribution in [0.5, 0.6) is 0 Å². The molecule has 2 fully saturated rings. The van der Waals surface area contributed by atoms with Crippen molar-refractivity contribution < 1.29 is 18.9 Å². The molecule has 2 rings (SSSR count). The van der Waals surface area contributed by atoms with Gasteiger partial charge in [0.15, 0.2) is 0 Å². The standard InChI is InChI=1S/C9H14O4/c1-8-6-12-9(13-7-8)10-4-2-3-5-11-9/h1-7H2. The molecule has 4 heteroatoms. The summed E-state index contributed by atoms with van der Waals surface area (Å²) in [5.74, 6) is 0. The summed E-state index contributed by atoms with van der Waals surface area (Å²) in [5.41, 5.74) is 0.905. The molecule has 2 aliphatic rings. The summed E-state index contributed by atoms with van der Waals surface area (Å²) < 4.78 is 21.4. The summed E-state index contributed by atoms with van der Waals surface area (Å²) >= 11 is 0. The Morgan fingerprint density at radius 1 is 0.923 bits per heavy atom. The number of hydrogen-bond acceptors (Lipinski definition) is 4. The van der Waals surface area contributed by atoms with Crippen LogP contribution in [0.1, 0.15) is 12.8 Å². The lowest BCUT2D eigenvalue weighted by atomic mass is 10.3. The van der Waals surface area contributed by atoms with Crippen molar-refractivity contribution in [1.82, 2.24) is 0 Å². The Bertz CT molecular complexity index is 182. The van der Waals surface area contributed by atoms with Crippen LogP contribution in [-0.2, 0) is 18.9 Å². The fourth-order valence-electron chi connectivity index (χ4n) is 1.27. The number of hydrogen-bond donors (Lipinski definition) is 0. The van der Waals surface area contributed by atoms with E-state index in [4.69, 9.17) is 18.9 Å². The third kappa shape index (κ3) is 2.08. The topological polar surface area (TPSA) is 36.9 Å². The van der Waals surface area contributed by atoms with E-state index in [1.165, 1.54) is 0 Å². The van der Waals surface area contributed by atoms with E-state index in [0.717, 1.165) is 18.4 Å². The zero-order valence-corrected chi connectivity index (χ0v) is 7.58. The van der Waals surface area contributed by atoms with Gasteiger partial charge in [-0.1, -0.05) is 6.58 Å². The van der Waals surface area contributed by atoms with Gasteiger partial charge in [-0.05, 0) is 18.4 Å². The van der Waals surface area contributed by atoms with Gasteiger partial charge in [0.25, 0.3) is 0 Å². The predicted octanol–water partition coefficient (Wildman–Crippen LogP) is 1.03. The normalized spacial score (nSPS) is 28.8. The third-order valence-electron chi connectivity index (χ3n) is 2.00. The van der Waals surface area contributed by atoms with E-state index in [2.05, 4.69) is 6.58 Å². The molecule has 13 heavy (non-hydrogen) atoms. The molecule has 0 amide bonds. The first-order chi connectivity index (χ1) is 6.31. The number of rotatable bonds is 0. The minimum Gasteiger partial charge on any atom is -0.303 e. The average Bonchev–Trinajstić information content (AvgIpc) is 2.37. The van der Waals surface area contributed by atoms with Crippen LogP contribution in [0.25, 0.3) is 0 Å². The van der Waals surface area contributed by atoms with Crippen molar-refractivity contribution in [3.8, 4) is 0 Å². The van der Waals surface area contributed by atoms with Gasteiger partial charge in [-0.25, -0.2) is 0 Å². The van der Waals surface area contributed by atoms with Gasteiger partial charge in [-0.15, -0.1) is 0 Å². The molecule has 2 heterocycles. The Hall–Kier alpha value is -0.420. The molecule has 0 saturated carbocycles. The molecule has 0 aromatic carbocycles. The summed E-state index contributed by atoms with van der Waals surface area (Å²) in [5, 5.41) is 0. The summed E-state index contributed by atoms with van der Waals surface area (Å²) in [6, 6.07) is 0. The van der Waals surface area contributed by atoms with E-state index in [0.29, 0.717) is 26.4 Å². The molecule has 2 aliphatic heterocycles. The molecule has 0 radical (unpaired) electrons. The minimum absolute atomic E-state index is 0.444. The highest BCUT2D eigenvalue weighted by Gasteiger charge is 2.39. The van der Waals surface area contributed by atoms with Gasteiger partial charge in [0, 0.05) is 0 Å². The third-order valence-corrected chi connectivity index (χ3v) is 2.00. The van der Waals surface area contributed by atoms with Crippen molar-refractivity contribution in [2.75, 3.05) is 26.4 Å². The fourth-order valence-corrected chi connectivity index (χ4v) is 1.27. The van der Waals surface area contributed by atoms with Crippen LogP contribution >= 0.6 is 0 Å². The first-order valence-corrected chi connectivity index (χ1v) is 4.53. The molecule has 0 atom stereocenters. The average molecular weight is 186 g/mol. The Kier molecular flexibility index (Phi) is 2.64. The molecule has 2 saturated heterocycles. The molecule has 0 aromatic rings. The second kappa shape index (κ2) is 3.75. The van der Waals surface area contributed by atoms with Crippen molar-refractivity contribution in [3.05, 3.63) is 12.2 Å². The molecule has 74 valence electrons. The summed E-state index contributed by atoms with van der Waals surface area (Å²) in [7, 11) is 0. The second-order valence-corrected chi connectivity index (χ2v) is 3.23. The van der Waals surface area contributed by atoms with Crippen LogP contribution in [0.3, 0.4) is 0 Å². The van der Waals surface area contributed by atoms with E-state index >= 15 is 0 Å². The molecular formula is C9H14O4. The van der Waals surface area contributed by atoms with E-state index in [1.807, 2.05) is 0 Å². The largest absolute Gasteiger partial charge is 0.413 e. The Balaban J connectivity index is 1.97. The van der Waals surface area contributed by atoms with Crippen molar-refractivity contribution in [3.63, 3.8) is 0 Å². The summed E-state index contributed by atoms with van der Waals surface area (Å²) in [6.07, 6.45) is 0.725. The molecule has 0 aliphatic carbocycles. The maximum atomic E-state index is 5.37. The highest BCUT2D eigenvalue weighted by molar-refractivity contribution is 4.96. The fraction of sp³-hybridized carbons (Fsp3) is 0.778. The lowest BCUT2D eigenvalue weighted by Gasteiger charge is -2.34. The van der Waals surface area contributed by atoms with Crippen molar-refractivity contribution in [1.29, 1.82) is 0 Å². The van der Waals surface area contributed by atoms with Gasteiger partial charge < -0.3 is 9.47 Å². The molecular weight excluding hydrogens is 172 g/mol. The minimum atomic E-state index is -1.24. The Morgan fingerprint density at radius 3 is 2.00 bits per heavy atom. The maximum Gasteiger partial charge on any atom is 0.413 e. The quantitative estimate of drug-likeness (QED) is 0.529. The first kappa shape index (κ1) is 9.15. The second-order valence-electron chi connectivity index (χ2n) is 3.23. The molecule has 0 aromatic heterocycles. The lowest BCUT2D eigenvalue weighted by Crippen LogP contribution is -2.45. The lowest BCUT2D eigenvalue weighted by molar-refractivity contribution is -0.500. The van der Waals surface area contributed by atoms with E-state index < -0.39 is 6.16 Å². The van der Waals surface area contributed by atoms with Gasteiger partial charge in [0.05, 0.1) is 26.4 Å². The highest BCUT2D eigenvalue weighted by atomic mass is 17.0. The van der Waals surface area contributed by atoms with Crippen LogP contribution in [-0.4, -0.2) is 32.6 Å². The summed E-state index contributed by atoms with van der Waals surface area (Å²) in [4.78, 5) is 0. The van der Waals surface area contributed by atoms with Crippen molar-refractivity contribution >= 4 is 0 Å². The van der Waals surface area contributed by atoms with Gasteiger partial charge in [-0.2, -0.15) is 0 Å². The molecule has 1 spiro atoms. The molecule has 4 nitrogen and oxygen atoms in total. The van der Waals surface area contributed by atoms with Crippen LogP contribution in [0.15, 0.2) is 12.2 Å². The van der Waals surface area contributed by atoms with Crippen LogP contribution in [0.2, 0.25) is 0 Å². The van der Waals surface area contributed by atoms with Gasteiger partial charge in [0.2, 0.25) is 0 Å². The van der Waals surface area contributed by atoms with Crippen LogP contribution in [0, 0.1) is 0 Å². The molecule has 0 unspecified atom stereocenters. The van der Waals surface area contributed by atoms with Crippen molar-refractivity contribution in [2.24, 2.45) is 0 Å². The Morgan fingerprint density at radius 2 is 1.46 bits per heavy atom. The maximum absolute atomic E-state index is 5.37. The first-order valence-electron chi connectivity index (χ1n) is 4.53. The number of ether oxygens (including phenoxy) is 4. The monoisotopic (exact) mass is 186 g/mol. The van der Waals surface area contributed by atoms with Gasteiger partial charge >= 0.3 is 6.16 Å². The summed E-state index contributed by atoms with van der Waals surface area (Å²) in [6.45, 7) is 5.88. The SMILES string of the molecule is C=C1COC2(OCCCCO2)OC1. The van der Waals surface area contributed by atoms with E-state index in [-0.39, 0.29) is 0 Å². The molecule has 0 bridgehead atoms. The molecule has 0 N–H and O–H groups in total. The van der Waals surface area contributed by atoms with Crippen LogP contribution in [0.4, 0.5) is 0 Å². The van der Waals surface area contributed by atoms with E-state index in [1.54, 1.807) is 0 Å². The van der Waals surface area contributed by atoms with Crippen LogP contribution < -0.4 is 0 Å². The highest BCUT2D eigenvalue weighted by Crippen LogP contribution is 2.26. The zero-order chi connectivity index (χ0) is 9.15. The smallest absolute Gasteiger partial charge is 0.303 e. The van der Waals surface area contributed by atoms with Gasteiger partial charge in [0.1, 0.15) is 0 Å². The Labute approximate surface area is 77.4 Å². The zero-order valence-electron chi connectivity index (χ0n) is 7.58. The van der Waals surface area contributed by atoms with E-state index in [9.17, 15) is 0 Å². The predicted molar refractivity (Wildman–Crippen MR) is 44.9 cm³/mol.